The molecule has 0 atom stereocenters. The topological polar surface area (TPSA) is 96.2 Å². The highest BCUT2D eigenvalue weighted by Gasteiger charge is 2.26. The van der Waals surface area contributed by atoms with Crippen molar-refractivity contribution >= 4 is 28.9 Å². The molecule has 31 heavy (non-hydrogen) atoms. The van der Waals surface area contributed by atoms with Crippen molar-refractivity contribution in [3.8, 4) is 5.75 Å². The van der Waals surface area contributed by atoms with E-state index in [-0.39, 0.29) is 24.1 Å². The molecule has 2 aliphatic heterocycles. The zero-order valence-corrected chi connectivity index (χ0v) is 17.1. The van der Waals surface area contributed by atoms with Gasteiger partial charge in [-0.25, -0.2) is 0 Å². The molecule has 9 nitrogen and oxygen atoms in total. The fourth-order valence-electron chi connectivity index (χ4n) is 3.94. The minimum atomic E-state index is -0.413. The maximum absolute atomic E-state index is 12.6. The Morgan fingerprint density at radius 3 is 2.45 bits per heavy atom. The number of nitro benzene ring substituents is 1. The molecule has 0 N–H and O–H groups in total. The van der Waals surface area contributed by atoms with Crippen molar-refractivity contribution in [2.24, 2.45) is 0 Å². The molecule has 0 spiro atoms. The van der Waals surface area contributed by atoms with Gasteiger partial charge in [0.1, 0.15) is 5.75 Å². The number of hydrogen-bond acceptors (Lipinski definition) is 6. The lowest BCUT2D eigenvalue weighted by Crippen LogP contribution is -2.49. The number of non-ortho nitro benzene ring substituents is 1. The Labute approximate surface area is 179 Å². The predicted molar refractivity (Wildman–Crippen MR) is 115 cm³/mol. The Bertz CT molecular complexity index is 970. The standard InChI is InChI=1S/C22H24N4O5/c27-21(6-3-11-25-19-4-1-2-5-20(19)31-16-22(25)28)24-14-12-23(13-15-24)17-7-9-18(10-8-17)26(29)30/h1-2,4-5,7-10H,3,6,11-16H2. The number of rotatable bonds is 6. The maximum atomic E-state index is 12.6. The van der Waals surface area contributed by atoms with Crippen LogP contribution in [-0.2, 0) is 9.59 Å². The summed E-state index contributed by atoms with van der Waals surface area (Å²) in [6.07, 6.45) is 0.964. The molecule has 162 valence electrons. The molecule has 0 bridgehead atoms. The van der Waals surface area contributed by atoms with Crippen molar-refractivity contribution in [1.82, 2.24) is 4.90 Å². The van der Waals surface area contributed by atoms with Crippen molar-refractivity contribution in [3.05, 3.63) is 58.6 Å². The molecule has 2 amide bonds. The Kier molecular flexibility index (Phi) is 6.01. The molecular weight excluding hydrogens is 400 g/mol. The van der Waals surface area contributed by atoms with Gasteiger partial charge in [-0.1, -0.05) is 12.1 Å². The van der Waals surface area contributed by atoms with Gasteiger partial charge in [0, 0.05) is 57.0 Å². The number of ether oxygens (including phenoxy) is 1. The fourth-order valence-corrected chi connectivity index (χ4v) is 3.94. The van der Waals surface area contributed by atoms with Crippen molar-refractivity contribution in [3.63, 3.8) is 0 Å². The number of nitro groups is 1. The Morgan fingerprint density at radius 1 is 1.03 bits per heavy atom. The van der Waals surface area contributed by atoms with Gasteiger partial charge in [0.15, 0.2) is 6.61 Å². The number of hydrogen-bond donors (Lipinski definition) is 0. The summed E-state index contributed by atoms with van der Waals surface area (Å²) in [4.78, 5) is 40.9. The van der Waals surface area contributed by atoms with E-state index in [1.807, 2.05) is 29.2 Å². The highest BCUT2D eigenvalue weighted by Crippen LogP contribution is 2.31. The fraction of sp³-hybridized carbons (Fsp3) is 0.364. The van der Waals surface area contributed by atoms with E-state index in [0.717, 1.165) is 11.4 Å². The van der Waals surface area contributed by atoms with E-state index in [9.17, 15) is 19.7 Å². The first-order chi connectivity index (χ1) is 15.0. The molecule has 0 aromatic heterocycles. The quantitative estimate of drug-likeness (QED) is 0.522. The first-order valence-corrected chi connectivity index (χ1v) is 10.3. The highest BCUT2D eigenvalue weighted by molar-refractivity contribution is 5.97. The number of fused-ring (bicyclic) bond motifs is 1. The van der Waals surface area contributed by atoms with E-state index in [0.29, 0.717) is 51.3 Å². The number of para-hydroxylation sites is 2. The van der Waals surface area contributed by atoms with Crippen molar-refractivity contribution in [2.45, 2.75) is 12.8 Å². The average Bonchev–Trinajstić information content (AvgIpc) is 2.80. The lowest BCUT2D eigenvalue weighted by Gasteiger charge is -2.36. The highest BCUT2D eigenvalue weighted by atomic mass is 16.6. The number of anilines is 2. The van der Waals surface area contributed by atoms with Crippen molar-refractivity contribution < 1.29 is 19.2 Å². The molecule has 0 saturated carbocycles. The summed E-state index contributed by atoms with van der Waals surface area (Å²) in [7, 11) is 0. The molecule has 1 saturated heterocycles. The first-order valence-electron chi connectivity index (χ1n) is 10.3. The molecule has 9 heteroatoms. The molecule has 2 aromatic rings. The van der Waals surface area contributed by atoms with Gasteiger partial charge < -0.3 is 19.4 Å². The molecular formula is C22H24N4O5. The van der Waals surface area contributed by atoms with Crippen LogP contribution >= 0.6 is 0 Å². The van der Waals surface area contributed by atoms with Gasteiger partial charge in [0.05, 0.1) is 10.6 Å². The van der Waals surface area contributed by atoms with E-state index < -0.39 is 4.92 Å². The molecule has 0 aliphatic carbocycles. The van der Waals surface area contributed by atoms with Crippen molar-refractivity contribution in [2.75, 3.05) is 49.1 Å². The smallest absolute Gasteiger partial charge is 0.269 e. The zero-order valence-electron chi connectivity index (χ0n) is 17.1. The molecule has 1 fully saturated rings. The van der Waals surface area contributed by atoms with E-state index in [4.69, 9.17) is 4.74 Å². The Hall–Kier alpha value is -3.62. The van der Waals surface area contributed by atoms with Gasteiger partial charge in [-0.15, -0.1) is 0 Å². The second-order valence-corrected chi connectivity index (χ2v) is 7.55. The summed E-state index contributed by atoms with van der Waals surface area (Å²) < 4.78 is 5.45. The summed E-state index contributed by atoms with van der Waals surface area (Å²) in [5.41, 5.74) is 1.74. The van der Waals surface area contributed by atoms with Crippen LogP contribution in [0.2, 0.25) is 0 Å². The van der Waals surface area contributed by atoms with Crippen LogP contribution in [0.3, 0.4) is 0 Å². The SMILES string of the molecule is O=C(CCCN1C(=O)COc2ccccc21)N1CCN(c2ccc([N+](=O)[O-])cc2)CC1. The number of amides is 2. The van der Waals surface area contributed by atoms with Crippen molar-refractivity contribution in [1.29, 1.82) is 0 Å². The third kappa shape index (κ3) is 4.60. The number of carbonyl (C=O) groups excluding carboxylic acids is 2. The summed E-state index contributed by atoms with van der Waals surface area (Å²) >= 11 is 0. The molecule has 2 aliphatic rings. The lowest BCUT2D eigenvalue weighted by atomic mass is 10.2. The van der Waals surface area contributed by atoms with Crippen LogP contribution in [0.15, 0.2) is 48.5 Å². The first kappa shape index (κ1) is 20.6. The minimum Gasteiger partial charge on any atom is -0.482 e. The van der Waals surface area contributed by atoms with Crippen LogP contribution in [0.4, 0.5) is 17.1 Å². The zero-order chi connectivity index (χ0) is 21.8. The van der Waals surface area contributed by atoms with Gasteiger partial charge in [-0.2, -0.15) is 0 Å². The normalized spacial score (nSPS) is 16.0. The van der Waals surface area contributed by atoms with Gasteiger partial charge in [0.2, 0.25) is 5.91 Å². The molecule has 0 unspecified atom stereocenters. The number of carbonyl (C=O) groups is 2. The van der Waals surface area contributed by atoms with Gasteiger partial charge in [-0.3, -0.25) is 19.7 Å². The van der Waals surface area contributed by atoms with E-state index >= 15 is 0 Å². The summed E-state index contributed by atoms with van der Waals surface area (Å²) in [6, 6.07) is 13.9. The largest absolute Gasteiger partial charge is 0.482 e. The second-order valence-electron chi connectivity index (χ2n) is 7.55. The van der Waals surface area contributed by atoms with Gasteiger partial charge >= 0.3 is 0 Å². The van der Waals surface area contributed by atoms with Gasteiger partial charge in [-0.05, 0) is 30.7 Å². The molecule has 4 rings (SSSR count). The van der Waals surface area contributed by atoms with Crippen LogP contribution in [-0.4, -0.2) is 61.0 Å². The Morgan fingerprint density at radius 2 is 1.74 bits per heavy atom. The maximum Gasteiger partial charge on any atom is 0.269 e. The molecule has 2 heterocycles. The third-order valence-electron chi connectivity index (χ3n) is 5.64. The lowest BCUT2D eigenvalue weighted by molar-refractivity contribution is -0.384. The average molecular weight is 424 g/mol. The molecule has 0 radical (unpaired) electrons. The number of benzene rings is 2. The summed E-state index contributed by atoms with van der Waals surface area (Å²) in [5.74, 6) is 0.677. The van der Waals surface area contributed by atoms with E-state index in [2.05, 4.69) is 4.90 Å². The van der Waals surface area contributed by atoms with Crippen LogP contribution in [0.1, 0.15) is 12.8 Å². The van der Waals surface area contributed by atoms with Gasteiger partial charge in [0.25, 0.3) is 11.6 Å². The molecule has 2 aromatic carbocycles. The Balaban J connectivity index is 1.25. The second kappa shape index (κ2) is 9.03. The van der Waals surface area contributed by atoms with Crippen LogP contribution in [0, 0.1) is 10.1 Å². The van der Waals surface area contributed by atoms with Crippen LogP contribution < -0.4 is 14.5 Å². The van der Waals surface area contributed by atoms with Crippen LogP contribution in [0.25, 0.3) is 0 Å². The third-order valence-corrected chi connectivity index (χ3v) is 5.64. The number of piperazine rings is 1. The van der Waals surface area contributed by atoms with E-state index in [1.54, 1.807) is 17.0 Å². The minimum absolute atomic E-state index is 0.0234. The van der Waals surface area contributed by atoms with E-state index in [1.165, 1.54) is 12.1 Å². The summed E-state index contributed by atoms with van der Waals surface area (Å²) in [6.45, 7) is 3.07. The monoisotopic (exact) mass is 424 g/mol. The van der Waals surface area contributed by atoms with Crippen LogP contribution in [0.5, 0.6) is 5.75 Å². The summed E-state index contributed by atoms with van der Waals surface area (Å²) in [5, 5.41) is 10.8. The number of nitrogens with zero attached hydrogens (tertiary/aromatic N) is 4. The predicted octanol–water partition coefficient (Wildman–Crippen LogP) is 2.45.